The van der Waals surface area contributed by atoms with Gasteiger partial charge in [0, 0.05) is 73.8 Å². The highest BCUT2D eigenvalue weighted by Crippen LogP contribution is 2.50. The second-order valence-electron chi connectivity index (χ2n) is 9.44. The van der Waals surface area contributed by atoms with Crippen LogP contribution in [-0.4, -0.2) is 50.1 Å². The van der Waals surface area contributed by atoms with Crippen LogP contribution in [0.15, 0.2) is 54.3 Å². The molecule has 0 saturated carbocycles. The Kier molecular flexibility index (Phi) is 5.86. The topological polar surface area (TPSA) is 54.3 Å². The first-order valence-corrected chi connectivity index (χ1v) is 12.4. The van der Waals surface area contributed by atoms with E-state index in [2.05, 4.69) is 62.0 Å². The van der Waals surface area contributed by atoms with Crippen LogP contribution in [0, 0.1) is 5.41 Å². The fourth-order valence-corrected chi connectivity index (χ4v) is 6.34. The summed E-state index contributed by atoms with van der Waals surface area (Å²) in [6, 6.07) is 10.7. The molecule has 0 radical (unpaired) electrons. The van der Waals surface area contributed by atoms with E-state index in [9.17, 15) is 4.79 Å². The molecule has 3 aromatic rings. The van der Waals surface area contributed by atoms with Crippen molar-refractivity contribution >= 4 is 17.2 Å². The minimum atomic E-state index is -0.394. The van der Waals surface area contributed by atoms with Gasteiger partial charge in [-0.2, -0.15) is 5.10 Å². The lowest BCUT2D eigenvalue weighted by Crippen LogP contribution is -2.52. The summed E-state index contributed by atoms with van der Waals surface area (Å²) >= 11 is 1.79. The third-order valence-corrected chi connectivity index (χ3v) is 7.87. The summed E-state index contributed by atoms with van der Waals surface area (Å²) in [5.74, 6) is 0.454. The monoisotopic (exact) mass is 449 g/mol. The van der Waals surface area contributed by atoms with Crippen LogP contribution in [0.25, 0.3) is 0 Å². The molecule has 1 amide bonds. The number of carbonyl (C=O) groups is 1. The molecule has 0 bridgehead atoms. The van der Waals surface area contributed by atoms with Gasteiger partial charge in [-0.3, -0.25) is 19.4 Å². The van der Waals surface area contributed by atoms with Crippen LogP contribution in [0.5, 0.6) is 0 Å². The molecule has 2 atom stereocenters. The third-order valence-electron chi connectivity index (χ3n) is 7.01. The minimum absolute atomic E-state index is 0.153. The molecule has 2 fully saturated rings. The van der Waals surface area contributed by atoms with Crippen molar-refractivity contribution in [3.05, 3.63) is 70.4 Å². The fourth-order valence-electron chi connectivity index (χ4n) is 5.60. The zero-order valence-electron chi connectivity index (χ0n) is 18.9. The van der Waals surface area contributed by atoms with Crippen LogP contribution >= 0.6 is 11.3 Å². The molecule has 0 aromatic carbocycles. The molecule has 2 aliphatic heterocycles. The minimum Gasteiger partial charge on any atom is -0.338 e. The van der Waals surface area contributed by atoms with Crippen LogP contribution in [0.1, 0.15) is 54.8 Å². The number of pyridine rings is 1. The Morgan fingerprint density at radius 3 is 2.75 bits per heavy atom. The van der Waals surface area contributed by atoms with Gasteiger partial charge in [0.1, 0.15) is 0 Å². The normalized spacial score (nSPS) is 24.2. The first-order chi connectivity index (χ1) is 15.6. The van der Waals surface area contributed by atoms with Gasteiger partial charge in [0.15, 0.2) is 0 Å². The number of piperidine rings is 1. The quantitative estimate of drug-likeness (QED) is 0.562. The van der Waals surface area contributed by atoms with Gasteiger partial charge < -0.3 is 4.90 Å². The number of hydrogen-bond acceptors (Lipinski definition) is 5. The molecule has 32 heavy (non-hydrogen) atoms. The fraction of sp³-hybridized carbons (Fsp3) is 0.480. The largest absolute Gasteiger partial charge is 0.338 e. The highest BCUT2D eigenvalue weighted by atomic mass is 32.1. The van der Waals surface area contributed by atoms with Crippen molar-refractivity contribution in [3.8, 4) is 0 Å². The third kappa shape index (κ3) is 3.88. The highest BCUT2D eigenvalue weighted by molar-refractivity contribution is 7.09. The van der Waals surface area contributed by atoms with Gasteiger partial charge in [-0.1, -0.05) is 6.07 Å². The van der Waals surface area contributed by atoms with Crippen LogP contribution in [-0.2, 0) is 17.9 Å². The summed E-state index contributed by atoms with van der Waals surface area (Å²) in [6.45, 7) is 8.42. The number of amides is 1. The summed E-state index contributed by atoms with van der Waals surface area (Å²) in [5, 5.41) is 6.75. The van der Waals surface area contributed by atoms with E-state index in [4.69, 9.17) is 0 Å². The van der Waals surface area contributed by atoms with Crippen molar-refractivity contribution in [2.45, 2.75) is 51.7 Å². The molecule has 6 nitrogen and oxygen atoms in total. The molecule has 3 aromatic heterocycles. The maximum Gasteiger partial charge on any atom is 0.231 e. The summed E-state index contributed by atoms with van der Waals surface area (Å²) < 4.78 is 2.12. The van der Waals surface area contributed by atoms with Crippen molar-refractivity contribution < 1.29 is 4.79 Å². The number of aromatic nitrogens is 3. The zero-order valence-corrected chi connectivity index (χ0v) is 19.7. The number of hydrogen-bond donors (Lipinski definition) is 0. The van der Waals surface area contributed by atoms with Crippen molar-refractivity contribution in [1.29, 1.82) is 0 Å². The molecule has 0 N–H and O–H groups in total. The lowest BCUT2D eigenvalue weighted by atomic mass is 9.70. The Morgan fingerprint density at radius 2 is 2.00 bits per heavy atom. The SMILES string of the molecule is CC(C)n1nccc1[C@@H]1CN(Cc2cccs2)C[C@]12CCCN(Cc1ccncc1)C2=O. The number of carbonyl (C=O) groups excluding carboxylic acids is 1. The first kappa shape index (κ1) is 21.3. The average Bonchev–Trinajstić information content (AvgIpc) is 3.53. The number of thiophene rings is 1. The van der Waals surface area contributed by atoms with Crippen molar-refractivity contribution in [2.75, 3.05) is 19.6 Å². The van der Waals surface area contributed by atoms with Gasteiger partial charge >= 0.3 is 0 Å². The lowest BCUT2D eigenvalue weighted by molar-refractivity contribution is -0.147. The Balaban J connectivity index is 1.48. The van der Waals surface area contributed by atoms with E-state index in [1.165, 1.54) is 10.6 Å². The molecular formula is C25H31N5OS. The summed E-state index contributed by atoms with van der Waals surface area (Å²) in [7, 11) is 0. The molecule has 1 spiro atoms. The molecule has 2 saturated heterocycles. The van der Waals surface area contributed by atoms with Gasteiger partial charge in [0.05, 0.1) is 5.41 Å². The van der Waals surface area contributed by atoms with Crippen molar-refractivity contribution in [3.63, 3.8) is 0 Å². The molecular weight excluding hydrogens is 418 g/mol. The Bertz CT molecular complexity index is 1050. The average molecular weight is 450 g/mol. The van der Waals surface area contributed by atoms with Crippen LogP contribution in [0.4, 0.5) is 0 Å². The molecule has 2 aliphatic rings. The Hall–Kier alpha value is -2.51. The van der Waals surface area contributed by atoms with Gasteiger partial charge in [-0.05, 0) is 61.9 Å². The van der Waals surface area contributed by atoms with E-state index in [0.29, 0.717) is 12.5 Å². The second kappa shape index (κ2) is 8.79. The maximum absolute atomic E-state index is 14.1. The predicted molar refractivity (Wildman–Crippen MR) is 126 cm³/mol. The number of likely N-dealkylation sites (tertiary alicyclic amines) is 2. The van der Waals surface area contributed by atoms with Gasteiger partial charge in [0.2, 0.25) is 5.91 Å². The molecule has 0 unspecified atom stereocenters. The zero-order chi connectivity index (χ0) is 22.1. The number of rotatable bonds is 6. The second-order valence-corrected chi connectivity index (χ2v) is 10.5. The van der Waals surface area contributed by atoms with Gasteiger partial charge in [-0.25, -0.2) is 0 Å². The van der Waals surface area contributed by atoms with Crippen LogP contribution in [0.3, 0.4) is 0 Å². The van der Waals surface area contributed by atoms with Crippen molar-refractivity contribution in [1.82, 2.24) is 24.6 Å². The van der Waals surface area contributed by atoms with Crippen LogP contribution in [0.2, 0.25) is 0 Å². The highest BCUT2D eigenvalue weighted by Gasteiger charge is 2.56. The van der Waals surface area contributed by atoms with Crippen LogP contribution < -0.4 is 0 Å². The standard InChI is InChI=1S/C25H31N5OS/c1-19(2)30-23(8-12-27-30)22-17-28(16-21-5-3-14-32-21)18-25(22)9-4-13-29(24(25)31)15-20-6-10-26-11-7-20/h3,5-8,10-12,14,19,22H,4,9,13,15-18H2,1-2H3/t22-,25+/m0/s1. The summed E-state index contributed by atoms with van der Waals surface area (Å²) in [6.07, 6.45) is 7.49. The lowest BCUT2D eigenvalue weighted by Gasteiger charge is -2.42. The molecule has 168 valence electrons. The van der Waals surface area contributed by atoms with E-state index >= 15 is 0 Å². The van der Waals surface area contributed by atoms with Gasteiger partial charge in [-0.15, -0.1) is 11.3 Å². The molecule has 5 rings (SSSR count). The Morgan fingerprint density at radius 1 is 1.16 bits per heavy atom. The maximum atomic E-state index is 14.1. The number of nitrogens with zero attached hydrogens (tertiary/aromatic N) is 5. The van der Waals surface area contributed by atoms with E-state index < -0.39 is 5.41 Å². The van der Waals surface area contributed by atoms with E-state index in [1.54, 1.807) is 11.3 Å². The first-order valence-electron chi connectivity index (χ1n) is 11.5. The predicted octanol–water partition coefficient (Wildman–Crippen LogP) is 4.33. The van der Waals surface area contributed by atoms with E-state index in [1.807, 2.05) is 30.7 Å². The summed E-state index contributed by atoms with van der Waals surface area (Å²) in [4.78, 5) is 24.2. The molecule has 7 heteroatoms. The smallest absolute Gasteiger partial charge is 0.231 e. The van der Waals surface area contributed by atoms with E-state index in [-0.39, 0.29) is 12.0 Å². The van der Waals surface area contributed by atoms with Crippen molar-refractivity contribution in [2.24, 2.45) is 5.41 Å². The Labute approximate surface area is 193 Å². The van der Waals surface area contributed by atoms with E-state index in [0.717, 1.165) is 44.6 Å². The summed E-state index contributed by atoms with van der Waals surface area (Å²) in [5.41, 5.74) is 1.95. The molecule has 0 aliphatic carbocycles. The molecule has 5 heterocycles. The van der Waals surface area contributed by atoms with Gasteiger partial charge in [0.25, 0.3) is 0 Å².